The van der Waals surface area contributed by atoms with Crippen LogP contribution in [0.25, 0.3) is 0 Å². The molecule has 0 radical (unpaired) electrons. The third-order valence-electron chi connectivity index (χ3n) is 3.90. The summed E-state index contributed by atoms with van der Waals surface area (Å²) in [6.45, 7) is 1.67. The third-order valence-corrected chi connectivity index (χ3v) is 4.14. The fraction of sp³-hybridized carbons (Fsp3) is 0.429. The summed E-state index contributed by atoms with van der Waals surface area (Å²) >= 11 is 5.78. The van der Waals surface area contributed by atoms with Crippen LogP contribution in [0.4, 0.5) is 5.69 Å². The fourth-order valence-electron chi connectivity index (χ4n) is 2.36. The van der Waals surface area contributed by atoms with E-state index in [2.05, 4.69) is 10.1 Å². The van der Waals surface area contributed by atoms with Crippen LogP contribution >= 0.6 is 11.6 Å². The van der Waals surface area contributed by atoms with Crippen molar-refractivity contribution >= 4 is 17.3 Å². The van der Waals surface area contributed by atoms with Crippen molar-refractivity contribution in [3.8, 4) is 5.75 Å². The lowest BCUT2D eigenvalue weighted by atomic mass is 9.77. The predicted octanol–water partition coefficient (Wildman–Crippen LogP) is 3.11. The van der Waals surface area contributed by atoms with E-state index in [-0.39, 0.29) is 22.4 Å². The van der Waals surface area contributed by atoms with E-state index >= 15 is 0 Å². The van der Waals surface area contributed by atoms with Crippen LogP contribution in [0.1, 0.15) is 44.0 Å². The minimum Gasteiger partial charge on any atom is -0.474 e. The second kappa shape index (κ2) is 5.78. The number of rotatable bonds is 5. The number of benzene rings is 1. The summed E-state index contributed by atoms with van der Waals surface area (Å²) in [6.07, 6.45) is 2.00. The van der Waals surface area contributed by atoms with Crippen LogP contribution in [0.2, 0.25) is 5.02 Å². The van der Waals surface area contributed by atoms with Crippen LogP contribution < -0.4 is 10.5 Å². The molecule has 1 aliphatic carbocycles. The van der Waals surface area contributed by atoms with Gasteiger partial charge in [-0.1, -0.05) is 16.8 Å². The van der Waals surface area contributed by atoms with E-state index in [1.54, 1.807) is 6.92 Å². The molecule has 2 aromatic rings. The van der Waals surface area contributed by atoms with E-state index < -0.39 is 16.6 Å². The standard InChI is InChI=1S/C14H15ClN4O4/c1-8(12-17-13(18-23-12)14(16)5-2-6-14)22-11-4-3-9(15)7-10(11)19(20)21/h3-4,7-8H,2,5-6,16H2,1H3. The molecule has 1 fully saturated rings. The van der Waals surface area contributed by atoms with Gasteiger partial charge in [0.05, 0.1) is 10.5 Å². The monoisotopic (exact) mass is 338 g/mol. The molecule has 1 aromatic heterocycles. The van der Waals surface area contributed by atoms with E-state index in [0.29, 0.717) is 5.82 Å². The average Bonchev–Trinajstić information content (AvgIpc) is 2.96. The maximum atomic E-state index is 11.1. The molecule has 23 heavy (non-hydrogen) atoms. The Balaban J connectivity index is 1.80. The number of halogens is 1. The molecule has 0 bridgehead atoms. The predicted molar refractivity (Wildman–Crippen MR) is 81.2 cm³/mol. The van der Waals surface area contributed by atoms with Crippen LogP contribution in [0.5, 0.6) is 5.75 Å². The molecular formula is C14H15ClN4O4. The van der Waals surface area contributed by atoms with Crippen LogP contribution in [-0.2, 0) is 5.54 Å². The number of nitrogens with two attached hydrogens (primary N) is 1. The molecule has 9 heteroatoms. The molecule has 0 aliphatic heterocycles. The Kier molecular flexibility index (Phi) is 3.95. The van der Waals surface area contributed by atoms with Gasteiger partial charge in [0, 0.05) is 11.1 Å². The molecule has 8 nitrogen and oxygen atoms in total. The Morgan fingerprint density at radius 1 is 1.52 bits per heavy atom. The van der Waals surface area contributed by atoms with E-state index in [0.717, 1.165) is 19.3 Å². The summed E-state index contributed by atoms with van der Waals surface area (Å²) in [7, 11) is 0. The SMILES string of the molecule is CC(Oc1ccc(Cl)cc1[N+](=O)[O-])c1nc(C2(N)CCC2)no1. The number of ether oxygens (including phenoxy) is 1. The number of hydrogen-bond donors (Lipinski definition) is 1. The summed E-state index contributed by atoms with van der Waals surface area (Å²) in [5, 5.41) is 15.2. The van der Waals surface area contributed by atoms with Gasteiger partial charge < -0.3 is 15.0 Å². The quantitative estimate of drug-likeness (QED) is 0.657. The van der Waals surface area contributed by atoms with Gasteiger partial charge in [0.2, 0.25) is 0 Å². The molecule has 2 N–H and O–H groups in total. The van der Waals surface area contributed by atoms with Gasteiger partial charge in [-0.3, -0.25) is 10.1 Å². The molecule has 1 aliphatic rings. The maximum Gasteiger partial charge on any atom is 0.312 e. The molecule has 1 unspecified atom stereocenters. The molecule has 0 saturated heterocycles. The molecule has 3 rings (SSSR count). The smallest absolute Gasteiger partial charge is 0.312 e. The van der Waals surface area contributed by atoms with Gasteiger partial charge in [-0.2, -0.15) is 4.98 Å². The summed E-state index contributed by atoms with van der Waals surface area (Å²) in [5.41, 5.74) is 5.38. The molecular weight excluding hydrogens is 324 g/mol. The molecule has 1 saturated carbocycles. The van der Waals surface area contributed by atoms with Crippen LogP contribution in [0.3, 0.4) is 0 Å². The third kappa shape index (κ3) is 2.99. The topological polar surface area (TPSA) is 117 Å². The van der Waals surface area contributed by atoms with Gasteiger partial charge in [0.25, 0.3) is 5.89 Å². The number of hydrogen-bond acceptors (Lipinski definition) is 7. The van der Waals surface area contributed by atoms with E-state index in [4.69, 9.17) is 26.6 Å². The highest BCUT2D eigenvalue weighted by Gasteiger charge is 2.39. The first-order valence-corrected chi connectivity index (χ1v) is 7.50. The fourth-order valence-corrected chi connectivity index (χ4v) is 2.52. The van der Waals surface area contributed by atoms with Crippen molar-refractivity contribution in [1.82, 2.24) is 10.1 Å². The highest BCUT2D eigenvalue weighted by molar-refractivity contribution is 6.30. The number of nitrogens with zero attached hydrogens (tertiary/aromatic N) is 3. The highest BCUT2D eigenvalue weighted by Crippen LogP contribution is 2.38. The van der Waals surface area contributed by atoms with Gasteiger partial charge in [0.15, 0.2) is 17.7 Å². The van der Waals surface area contributed by atoms with E-state index in [9.17, 15) is 10.1 Å². The number of nitro benzene ring substituents is 1. The number of aromatic nitrogens is 2. The first-order chi connectivity index (χ1) is 10.9. The molecule has 0 amide bonds. The Bertz CT molecular complexity index is 744. The molecule has 1 heterocycles. The van der Waals surface area contributed by atoms with Crippen LogP contribution in [0.15, 0.2) is 22.7 Å². The van der Waals surface area contributed by atoms with Crippen molar-refractivity contribution in [3.63, 3.8) is 0 Å². The van der Waals surface area contributed by atoms with Gasteiger partial charge in [-0.05, 0) is 38.3 Å². The minimum atomic E-state index is -0.653. The van der Waals surface area contributed by atoms with Crippen molar-refractivity contribution < 1.29 is 14.2 Å². The Morgan fingerprint density at radius 3 is 2.87 bits per heavy atom. The average molecular weight is 339 g/mol. The Hall–Kier alpha value is -2.19. The normalized spacial score (nSPS) is 17.3. The lowest BCUT2D eigenvalue weighted by molar-refractivity contribution is -0.386. The van der Waals surface area contributed by atoms with Gasteiger partial charge in [-0.15, -0.1) is 0 Å². The van der Waals surface area contributed by atoms with E-state index in [1.165, 1.54) is 18.2 Å². The molecule has 1 aromatic carbocycles. The number of nitro groups is 1. The van der Waals surface area contributed by atoms with Gasteiger partial charge in [-0.25, -0.2) is 0 Å². The van der Waals surface area contributed by atoms with Gasteiger partial charge >= 0.3 is 5.69 Å². The van der Waals surface area contributed by atoms with Crippen molar-refractivity contribution in [1.29, 1.82) is 0 Å². The molecule has 0 spiro atoms. The zero-order valence-corrected chi connectivity index (χ0v) is 13.1. The summed E-state index contributed by atoms with van der Waals surface area (Å²) < 4.78 is 10.8. The zero-order chi connectivity index (χ0) is 16.6. The largest absolute Gasteiger partial charge is 0.474 e. The van der Waals surface area contributed by atoms with Crippen molar-refractivity contribution in [2.45, 2.75) is 37.8 Å². The molecule has 1 atom stereocenters. The Morgan fingerprint density at radius 2 is 2.26 bits per heavy atom. The van der Waals surface area contributed by atoms with Crippen molar-refractivity contribution in [2.24, 2.45) is 5.73 Å². The second-order valence-electron chi connectivity index (χ2n) is 5.60. The van der Waals surface area contributed by atoms with Crippen molar-refractivity contribution in [3.05, 3.63) is 45.1 Å². The first kappa shape index (κ1) is 15.7. The lowest BCUT2D eigenvalue weighted by Crippen LogP contribution is -2.44. The lowest BCUT2D eigenvalue weighted by Gasteiger charge is -2.34. The van der Waals surface area contributed by atoms with Gasteiger partial charge in [0.1, 0.15) is 0 Å². The second-order valence-corrected chi connectivity index (χ2v) is 6.03. The van der Waals surface area contributed by atoms with E-state index in [1.807, 2.05) is 0 Å². The molecule has 122 valence electrons. The first-order valence-electron chi connectivity index (χ1n) is 7.12. The van der Waals surface area contributed by atoms with Crippen LogP contribution in [0, 0.1) is 10.1 Å². The summed E-state index contributed by atoms with van der Waals surface area (Å²) in [5.74, 6) is 0.749. The Labute approximate surface area is 136 Å². The highest BCUT2D eigenvalue weighted by atomic mass is 35.5. The zero-order valence-electron chi connectivity index (χ0n) is 12.4. The summed E-state index contributed by atoms with van der Waals surface area (Å²) in [4.78, 5) is 14.8. The maximum absolute atomic E-state index is 11.1. The van der Waals surface area contributed by atoms with Crippen molar-refractivity contribution in [2.75, 3.05) is 0 Å². The minimum absolute atomic E-state index is 0.0813. The summed E-state index contributed by atoms with van der Waals surface area (Å²) in [6, 6.07) is 4.18. The van der Waals surface area contributed by atoms with Crippen LogP contribution in [-0.4, -0.2) is 15.1 Å².